The van der Waals surface area contributed by atoms with Gasteiger partial charge in [0.25, 0.3) is 0 Å². The summed E-state index contributed by atoms with van der Waals surface area (Å²) >= 11 is 0. The summed E-state index contributed by atoms with van der Waals surface area (Å²) in [5.74, 6) is 0.883. The molecule has 112 valence electrons. The van der Waals surface area contributed by atoms with Crippen LogP contribution in [0.1, 0.15) is 42.9 Å². The van der Waals surface area contributed by atoms with Crippen LogP contribution in [0.25, 0.3) is 0 Å². The van der Waals surface area contributed by atoms with Crippen LogP contribution in [0, 0.1) is 19.8 Å². The van der Waals surface area contributed by atoms with E-state index in [9.17, 15) is 0 Å². The van der Waals surface area contributed by atoms with Gasteiger partial charge >= 0.3 is 0 Å². The third-order valence-electron chi connectivity index (χ3n) is 4.41. The number of hydrogen-bond donors (Lipinski definition) is 1. The highest BCUT2D eigenvalue weighted by atomic mass is 15.1. The van der Waals surface area contributed by atoms with Crippen LogP contribution in [-0.2, 0) is 6.54 Å². The highest BCUT2D eigenvalue weighted by Gasteiger charge is 2.17. The lowest BCUT2D eigenvalue weighted by Crippen LogP contribution is -2.36. The first kappa shape index (κ1) is 15.5. The standard InChI is InChI=1S/C18H30N2/c1-4-11-20(13-17-7-9-19-10-8-17)14-18-6-5-15(2)12-16(18)3/h5-6,12,17,19H,4,7-11,13-14H2,1-3H3. The SMILES string of the molecule is CCCN(Cc1ccc(C)cc1C)CC1CCNCC1. The van der Waals surface area contributed by atoms with Crippen LogP contribution < -0.4 is 5.32 Å². The van der Waals surface area contributed by atoms with E-state index >= 15 is 0 Å². The number of nitrogens with zero attached hydrogens (tertiary/aromatic N) is 1. The third-order valence-corrected chi connectivity index (χ3v) is 4.41. The van der Waals surface area contributed by atoms with E-state index in [1.54, 1.807) is 0 Å². The van der Waals surface area contributed by atoms with Gasteiger partial charge in [0.05, 0.1) is 0 Å². The molecule has 0 atom stereocenters. The molecule has 0 bridgehead atoms. The molecule has 0 aromatic heterocycles. The summed E-state index contributed by atoms with van der Waals surface area (Å²) in [4.78, 5) is 2.66. The maximum Gasteiger partial charge on any atom is 0.0236 e. The van der Waals surface area contributed by atoms with E-state index in [4.69, 9.17) is 0 Å². The van der Waals surface area contributed by atoms with Crippen LogP contribution in [0.4, 0.5) is 0 Å². The first-order valence-electron chi connectivity index (χ1n) is 8.18. The van der Waals surface area contributed by atoms with Gasteiger partial charge in [-0.25, -0.2) is 0 Å². The maximum atomic E-state index is 3.47. The molecule has 0 saturated carbocycles. The van der Waals surface area contributed by atoms with E-state index in [0.29, 0.717) is 0 Å². The van der Waals surface area contributed by atoms with E-state index in [1.165, 1.54) is 62.1 Å². The van der Waals surface area contributed by atoms with Gasteiger partial charge in [0.15, 0.2) is 0 Å². The summed E-state index contributed by atoms with van der Waals surface area (Å²) in [6, 6.07) is 6.87. The Morgan fingerprint density at radius 2 is 1.95 bits per heavy atom. The van der Waals surface area contributed by atoms with Gasteiger partial charge in [-0.15, -0.1) is 0 Å². The summed E-state index contributed by atoms with van der Waals surface area (Å²) in [7, 11) is 0. The van der Waals surface area contributed by atoms with Crippen molar-refractivity contribution < 1.29 is 0 Å². The molecule has 1 aromatic rings. The van der Waals surface area contributed by atoms with Crippen molar-refractivity contribution in [2.24, 2.45) is 5.92 Å². The Kier molecular flexibility index (Phi) is 6.06. The summed E-state index contributed by atoms with van der Waals surface area (Å²) in [6.07, 6.45) is 3.93. The van der Waals surface area contributed by atoms with Crippen molar-refractivity contribution in [3.05, 3.63) is 34.9 Å². The molecule has 2 heteroatoms. The Morgan fingerprint density at radius 3 is 2.60 bits per heavy atom. The van der Waals surface area contributed by atoms with Crippen molar-refractivity contribution in [2.45, 2.75) is 46.6 Å². The Morgan fingerprint density at radius 1 is 1.20 bits per heavy atom. The average Bonchev–Trinajstić information content (AvgIpc) is 2.43. The third kappa shape index (κ3) is 4.60. The lowest BCUT2D eigenvalue weighted by atomic mass is 9.97. The molecule has 0 unspecified atom stereocenters. The molecule has 2 rings (SSSR count). The molecular formula is C18H30N2. The lowest BCUT2D eigenvalue weighted by Gasteiger charge is -2.30. The Bertz CT molecular complexity index is 408. The van der Waals surface area contributed by atoms with E-state index in [2.05, 4.69) is 49.2 Å². The monoisotopic (exact) mass is 274 g/mol. The molecule has 2 nitrogen and oxygen atoms in total. The quantitative estimate of drug-likeness (QED) is 0.854. The molecule has 0 radical (unpaired) electrons. The van der Waals surface area contributed by atoms with E-state index in [0.717, 1.165) is 12.5 Å². The topological polar surface area (TPSA) is 15.3 Å². The molecule has 20 heavy (non-hydrogen) atoms. The zero-order chi connectivity index (χ0) is 14.4. The first-order chi connectivity index (χ1) is 9.69. The lowest BCUT2D eigenvalue weighted by molar-refractivity contribution is 0.198. The van der Waals surface area contributed by atoms with Gasteiger partial charge in [-0.2, -0.15) is 0 Å². The Hall–Kier alpha value is -0.860. The Balaban J connectivity index is 1.96. The van der Waals surface area contributed by atoms with Crippen LogP contribution in [-0.4, -0.2) is 31.1 Å². The summed E-state index contributed by atoms with van der Waals surface area (Å²) < 4.78 is 0. The molecule has 0 amide bonds. The highest BCUT2D eigenvalue weighted by Crippen LogP contribution is 2.18. The van der Waals surface area contributed by atoms with E-state index in [-0.39, 0.29) is 0 Å². The fourth-order valence-corrected chi connectivity index (χ4v) is 3.24. The zero-order valence-corrected chi connectivity index (χ0v) is 13.4. The Labute approximate surface area is 124 Å². The molecule has 1 heterocycles. The second-order valence-electron chi connectivity index (χ2n) is 6.36. The van der Waals surface area contributed by atoms with E-state index in [1.807, 2.05) is 0 Å². The summed E-state index contributed by atoms with van der Waals surface area (Å²) in [5, 5.41) is 3.47. The second-order valence-corrected chi connectivity index (χ2v) is 6.36. The van der Waals surface area contributed by atoms with Gasteiger partial charge in [0, 0.05) is 13.1 Å². The van der Waals surface area contributed by atoms with Gasteiger partial charge in [-0.05, 0) is 69.8 Å². The number of rotatable bonds is 6. The number of aryl methyl sites for hydroxylation is 2. The molecule has 1 saturated heterocycles. The van der Waals surface area contributed by atoms with Gasteiger partial charge in [0.1, 0.15) is 0 Å². The normalized spacial score (nSPS) is 16.8. The minimum absolute atomic E-state index is 0.883. The van der Waals surface area contributed by atoms with Gasteiger partial charge in [-0.1, -0.05) is 30.7 Å². The van der Waals surface area contributed by atoms with Crippen LogP contribution in [0.15, 0.2) is 18.2 Å². The summed E-state index contributed by atoms with van der Waals surface area (Å²) in [6.45, 7) is 12.7. The second kappa shape index (κ2) is 7.80. The molecule has 0 spiro atoms. The predicted molar refractivity (Wildman–Crippen MR) is 87.1 cm³/mol. The minimum atomic E-state index is 0.883. The van der Waals surface area contributed by atoms with Crippen LogP contribution in [0.3, 0.4) is 0 Å². The van der Waals surface area contributed by atoms with Crippen LogP contribution in [0.5, 0.6) is 0 Å². The largest absolute Gasteiger partial charge is 0.317 e. The van der Waals surface area contributed by atoms with Crippen molar-refractivity contribution in [2.75, 3.05) is 26.2 Å². The number of benzene rings is 1. The summed E-state index contributed by atoms with van der Waals surface area (Å²) in [5.41, 5.74) is 4.31. The van der Waals surface area contributed by atoms with Crippen molar-refractivity contribution in [3.8, 4) is 0 Å². The van der Waals surface area contributed by atoms with Gasteiger partial charge < -0.3 is 5.32 Å². The fourth-order valence-electron chi connectivity index (χ4n) is 3.24. The maximum absolute atomic E-state index is 3.47. The highest BCUT2D eigenvalue weighted by molar-refractivity contribution is 5.30. The molecule has 1 N–H and O–H groups in total. The molecule has 1 fully saturated rings. The van der Waals surface area contributed by atoms with Crippen molar-refractivity contribution in [1.82, 2.24) is 10.2 Å². The number of hydrogen-bond acceptors (Lipinski definition) is 2. The molecule has 0 aliphatic carbocycles. The van der Waals surface area contributed by atoms with Gasteiger partial charge in [0.2, 0.25) is 0 Å². The van der Waals surface area contributed by atoms with E-state index < -0.39 is 0 Å². The van der Waals surface area contributed by atoms with Crippen molar-refractivity contribution in [1.29, 1.82) is 0 Å². The smallest absolute Gasteiger partial charge is 0.0236 e. The van der Waals surface area contributed by atoms with Crippen LogP contribution in [0.2, 0.25) is 0 Å². The van der Waals surface area contributed by atoms with Gasteiger partial charge in [-0.3, -0.25) is 4.90 Å². The molecular weight excluding hydrogens is 244 g/mol. The fraction of sp³-hybridized carbons (Fsp3) is 0.667. The number of nitrogens with one attached hydrogen (secondary N) is 1. The first-order valence-corrected chi connectivity index (χ1v) is 8.18. The molecule has 1 aliphatic heterocycles. The average molecular weight is 274 g/mol. The minimum Gasteiger partial charge on any atom is -0.317 e. The zero-order valence-electron chi connectivity index (χ0n) is 13.4. The predicted octanol–water partition coefficient (Wildman–Crippen LogP) is 3.52. The molecule has 1 aliphatic rings. The molecule has 1 aromatic carbocycles. The van der Waals surface area contributed by atoms with Crippen molar-refractivity contribution >= 4 is 0 Å². The number of piperidine rings is 1. The van der Waals surface area contributed by atoms with Crippen molar-refractivity contribution in [3.63, 3.8) is 0 Å². The van der Waals surface area contributed by atoms with Crippen LogP contribution >= 0.6 is 0 Å².